The van der Waals surface area contributed by atoms with Gasteiger partial charge in [0.1, 0.15) is 5.82 Å². The summed E-state index contributed by atoms with van der Waals surface area (Å²) in [5, 5.41) is 12.1. The molecule has 1 amide bonds. The quantitative estimate of drug-likeness (QED) is 0.792. The van der Waals surface area contributed by atoms with Gasteiger partial charge in [-0.1, -0.05) is 55.9 Å². The van der Waals surface area contributed by atoms with E-state index >= 15 is 0 Å². The first-order valence-electron chi connectivity index (χ1n) is 7.83. The Hall–Kier alpha value is -1.82. The highest BCUT2D eigenvalue weighted by Gasteiger charge is 2.14. The van der Waals surface area contributed by atoms with E-state index in [1.807, 2.05) is 36.6 Å². The Labute approximate surface area is 141 Å². The molecule has 0 saturated heterocycles. The average Bonchev–Trinajstić information content (AvgIpc) is 2.87. The molecule has 0 aliphatic heterocycles. The van der Waals surface area contributed by atoms with Crippen LogP contribution in [0.2, 0.25) is 0 Å². The molecular formula is C17H24N4OS. The summed E-state index contributed by atoms with van der Waals surface area (Å²) in [6, 6.07) is 10.4. The number of rotatable bonds is 7. The molecule has 6 heteroatoms. The number of benzene rings is 1. The zero-order valence-electron chi connectivity index (χ0n) is 14.1. The van der Waals surface area contributed by atoms with Gasteiger partial charge in [-0.05, 0) is 25.3 Å². The minimum absolute atomic E-state index is 0.0307. The van der Waals surface area contributed by atoms with Gasteiger partial charge in [-0.2, -0.15) is 0 Å². The summed E-state index contributed by atoms with van der Waals surface area (Å²) in [7, 11) is 0. The van der Waals surface area contributed by atoms with Gasteiger partial charge in [-0.25, -0.2) is 0 Å². The molecule has 0 spiro atoms. The van der Waals surface area contributed by atoms with E-state index in [4.69, 9.17) is 0 Å². The van der Waals surface area contributed by atoms with Gasteiger partial charge in [0.05, 0.1) is 12.3 Å². The normalized spacial score (nSPS) is 12.4. The number of carbonyl (C=O) groups excluding carboxylic acids is 1. The summed E-state index contributed by atoms with van der Waals surface area (Å²) in [5.41, 5.74) is 1.19. The van der Waals surface area contributed by atoms with Crippen LogP contribution in [0.4, 0.5) is 0 Å². The monoisotopic (exact) mass is 332 g/mol. The van der Waals surface area contributed by atoms with Crippen LogP contribution in [0.15, 0.2) is 35.5 Å². The molecule has 1 heterocycles. The van der Waals surface area contributed by atoms with E-state index in [1.54, 1.807) is 0 Å². The molecule has 2 rings (SSSR count). The lowest BCUT2D eigenvalue weighted by atomic mass is 10.1. The zero-order valence-corrected chi connectivity index (χ0v) is 14.9. The highest BCUT2D eigenvalue weighted by molar-refractivity contribution is 7.99. The van der Waals surface area contributed by atoms with Gasteiger partial charge >= 0.3 is 0 Å². The Kier molecular flexibility index (Phi) is 6.21. The van der Waals surface area contributed by atoms with E-state index in [-0.39, 0.29) is 11.9 Å². The second kappa shape index (κ2) is 8.15. The van der Waals surface area contributed by atoms with Crippen molar-refractivity contribution in [3.05, 3.63) is 41.7 Å². The van der Waals surface area contributed by atoms with E-state index in [2.05, 4.69) is 41.5 Å². The molecule has 0 aliphatic carbocycles. The van der Waals surface area contributed by atoms with Crippen LogP contribution in [0.5, 0.6) is 0 Å². The summed E-state index contributed by atoms with van der Waals surface area (Å²) < 4.78 is 2.04. The fourth-order valence-electron chi connectivity index (χ4n) is 2.01. The Morgan fingerprint density at radius 2 is 1.91 bits per heavy atom. The third-order valence-corrected chi connectivity index (χ3v) is 4.77. The highest BCUT2D eigenvalue weighted by Crippen LogP contribution is 2.18. The van der Waals surface area contributed by atoms with Gasteiger partial charge in [-0.3, -0.25) is 4.79 Å². The molecule has 2 aromatic rings. The molecule has 0 radical (unpaired) electrons. The average molecular weight is 332 g/mol. The van der Waals surface area contributed by atoms with Crippen molar-refractivity contribution in [2.45, 2.75) is 45.4 Å². The third kappa shape index (κ3) is 5.10. The number of hydrogen-bond donors (Lipinski definition) is 1. The molecule has 1 aromatic carbocycles. The predicted octanol–water partition coefficient (Wildman–Crippen LogP) is 2.89. The van der Waals surface area contributed by atoms with Crippen molar-refractivity contribution in [3.8, 4) is 0 Å². The van der Waals surface area contributed by atoms with Crippen LogP contribution in [0.1, 0.15) is 32.2 Å². The summed E-state index contributed by atoms with van der Waals surface area (Å²) in [4.78, 5) is 12.0. The molecule has 0 fully saturated rings. The van der Waals surface area contributed by atoms with E-state index in [0.717, 1.165) is 11.0 Å². The number of aryl methyl sites for hydroxylation is 1. The first-order valence-corrected chi connectivity index (χ1v) is 8.82. The third-order valence-electron chi connectivity index (χ3n) is 3.81. The molecule has 0 aliphatic rings. The minimum Gasteiger partial charge on any atom is -0.353 e. The van der Waals surface area contributed by atoms with Gasteiger partial charge in [0.15, 0.2) is 5.16 Å². The molecule has 1 aromatic heterocycles. The van der Waals surface area contributed by atoms with Crippen LogP contribution in [0.3, 0.4) is 0 Å². The SMILES string of the molecule is Cc1nnc(SCC(=O)NC(C)C(C)C)n1Cc1ccccc1. The number of aromatic nitrogens is 3. The number of carbonyl (C=O) groups is 1. The van der Waals surface area contributed by atoms with Gasteiger partial charge in [0, 0.05) is 6.04 Å². The lowest BCUT2D eigenvalue weighted by molar-refractivity contribution is -0.119. The molecule has 1 unspecified atom stereocenters. The van der Waals surface area contributed by atoms with Crippen molar-refractivity contribution in [1.29, 1.82) is 0 Å². The fraction of sp³-hybridized carbons (Fsp3) is 0.471. The van der Waals surface area contributed by atoms with Crippen molar-refractivity contribution in [3.63, 3.8) is 0 Å². The maximum absolute atomic E-state index is 12.0. The van der Waals surface area contributed by atoms with Crippen LogP contribution >= 0.6 is 11.8 Å². The van der Waals surface area contributed by atoms with Crippen LogP contribution in [-0.2, 0) is 11.3 Å². The van der Waals surface area contributed by atoms with Crippen LogP contribution in [-0.4, -0.2) is 32.5 Å². The van der Waals surface area contributed by atoms with Crippen molar-refractivity contribution >= 4 is 17.7 Å². The van der Waals surface area contributed by atoms with E-state index in [9.17, 15) is 4.79 Å². The minimum atomic E-state index is 0.0307. The lowest BCUT2D eigenvalue weighted by Gasteiger charge is -2.17. The molecule has 23 heavy (non-hydrogen) atoms. The molecule has 1 atom stereocenters. The number of thioether (sulfide) groups is 1. The number of amides is 1. The van der Waals surface area contributed by atoms with Gasteiger partial charge < -0.3 is 9.88 Å². The summed E-state index contributed by atoms with van der Waals surface area (Å²) in [5.74, 6) is 1.66. The number of nitrogens with zero attached hydrogens (tertiary/aromatic N) is 3. The summed E-state index contributed by atoms with van der Waals surface area (Å²) >= 11 is 1.43. The molecular weight excluding hydrogens is 308 g/mol. The molecule has 1 N–H and O–H groups in total. The zero-order chi connectivity index (χ0) is 16.8. The number of nitrogens with one attached hydrogen (secondary N) is 1. The highest BCUT2D eigenvalue weighted by atomic mass is 32.2. The Morgan fingerprint density at radius 3 is 2.57 bits per heavy atom. The maximum Gasteiger partial charge on any atom is 0.230 e. The van der Waals surface area contributed by atoms with Gasteiger partial charge in [0.2, 0.25) is 5.91 Å². The topological polar surface area (TPSA) is 59.8 Å². The fourth-order valence-corrected chi connectivity index (χ4v) is 2.80. The first-order chi connectivity index (χ1) is 11.0. The summed E-state index contributed by atoms with van der Waals surface area (Å²) in [6.45, 7) is 8.86. The maximum atomic E-state index is 12.0. The largest absolute Gasteiger partial charge is 0.353 e. The van der Waals surface area contributed by atoms with Crippen LogP contribution < -0.4 is 5.32 Å². The van der Waals surface area contributed by atoms with Crippen LogP contribution in [0, 0.1) is 12.8 Å². The van der Waals surface area contributed by atoms with Crippen molar-refractivity contribution in [2.75, 3.05) is 5.75 Å². The van der Waals surface area contributed by atoms with E-state index in [0.29, 0.717) is 18.2 Å². The standard InChI is InChI=1S/C17H24N4OS/c1-12(2)13(3)18-16(22)11-23-17-20-19-14(4)21(17)10-15-8-6-5-7-9-15/h5-9,12-13H,10-11H2,1-4H3,(H,18,22). The Morgan fingerprint density at radius 1 is 1.22 bits per heavy atom. The molecule has 0 bridgehead atoms. The Balaban J connectivity index is 1.97. The van der Waals surface area contributed by atoms with Crippen molar-refractivity contribution in [2.24, 2.45) is 5.92 Å². The smallest absolute Gasteiger partial charge is 0.230 e. The lowest BCUT2D eigenvalue weighted by Crippen LogP contribution is -2.37. The van der Waals surface area contributed by atoms with E-state index in [1.165, 1.54) is 17.3 Å². The molecule has 124 valence electrons. The first kappa shape index (κ1) is 17.5. The van der Waals surface area contributed by atoms with Gasteiger partial charge in [-0.15, -0.1) is 10.2 Å². The van der Waals surface area contributed by atoms with Crippen molar-refractivity contribution in [1.82, 2.24) is 20.1 Å². The van der Waals surface area contributed by atoms with E-state index < -0.39 is 0 Å². The van der Waals surface area contributed by atoms with Gasteiger partial charge in [0.25, 0.3) is 0 Å². The van der Waals surface area contributed by atoms with Crippen LogP contribution in [0.25, 0.3) is 0 Å². The molecule has 0 saturated carbocycles. The second-order valence-electron chi connectivity index (χ2n) is 5.99. The predicted molar refractivity (Wildman–Crippen MR) is 93.5 cm³/mol. The van der Waals surface area contributed by atoms with Crippen molar-refractivity contribution < 1.29 is 4.79 Å². The molecule has 5 nitrogen and oxygen atoms in total. The summed E-state index contributed by atoms with van der Waals surface area (Å²) in [6.07, 6.45) is 0. The Bertz CT molecular complexity index is 639. The second-order valence-corrected chi connectivity index (χ2v) is 6.93. The number of hydrogen-bond acceptors (Lipinski definition) is 4.